The molecular formula is C8H18N2S. The minimum absolute atomic E-state index is 0.810. The maximum atomic E-state index is 3.52. The maximum Gasteiger partial charge on any atom is 0.0249 e. The van der Waals surface area contributed by atoms with E-state index in [1.165, 1.54) is 18.1 Å². The third kappa shape index (κ3) is 3.45. The van der Waals surface area contributed by atoms with Crippen LogP contribution in [0.25, 0.3) is 0 Å². The summed E-state index contributed by atoms with van der Waals surface area (Å²) in [6.07, 6.45) is 0. The lowest BCUT2D eigenvalue weighted by Gasteiger charge is -2.27. The van der Waals surface area contributed by atoms with Crippen molar-refractivity contribution in [3.05, 3.63) is 0 Å². The molecule has 0 amide bonds. The Balaban J connectivity index is 1.86. The first-order valence-electron chi connectivity index (χ1n) is 4.32. The van der Waals surface area contributed by atoms with Crippen molar-refractivity contribution in [2.75, 3.05) is 38.2 Å². The first kappa shape index (κ1) is 9.36. The predicted octanol–water partition coefficient (Wildman–Crippen LogP) is 0.643. The van der Waals surface area contributed by atoms with Gasteiger partial charge in [0.2, 0.25) is 0 Å². The zero-order valence-electron chi connectivity index (χ0n) is 7.47. The Bertz CT molecular complexity index is 99.5. The normalized spacial score (nSPS) is 18.8. The van der Waals surface area contributed by atoms with Gasteiger partial charge in [-0.2, -0.15) is 11.8 Å². The van der Waals surface area contributed by atoms with Crippen molar-refractivity contribution < 1.29 is 0 Å². The first-order valence-corrected chi connectivity index (χ1v) is 5.48. The van der Waals surface area contributed by atoms with E-state index in [0.29, 0.717) is 0 Å². The van der Waals surface area contributed by atoms with Gasteiger partial charge >= 0.3 is 0 Å². The van der Waals surface area contributed by atoms with Crippen molar-refractivity contribution in [2.45, 2.75) is 13.0 Å². The van der Waals surface area contributed by atoms with Gasteiger partial charge in [0.05, 0.1) is 0 Å². The zero-order valence-corrected chi connectivity index (χ0v) is 8.28. The predicted molar refractivity (Wildman–Crippen MR) is 52.3 cm³/mol. The molecule has 0 aromatic heterocycles. The van der Waals surface area contributed by atoms with Gasteiger partial charge in [0.15, 0.2) is 0 Å². The Kier molecular flexibility index (Phi) is 4.26. The number of nitrogens with zero attached hydrogens (tertiary/aromatic N) is 1. The van der Waals surface area contributed by atoms with E-state index in [4.69, 9.17) is 0 Å². The lowest BCUT2D eigenvalue weighted by molar-refractivity contribution is 0.343. The number of likely N-dealkylation sites (N-methyl/N-ethyl adjacent to an activating group) is 1. The fraction of sp³-hybridized carbons (Fsp3) is 1.00. The largest absolute Gasteiger partial charge is 0.311 e. The Hall–Kier alpha value is 0.270. The highest BCUT2D eigenvalue weighted by Gasteiger charge is 2.16. The molecule has 1 heterocycles. The van der Waals surface area contributed by atoms with Crippen LogP contribution >= 0.6 is 11.8 Å². The van der Waals surface area contributed by atoms with Gasteiger partial charge in [0.25, 0.3) is 0 Å². The lowest BCUT2D eigenvalue weighted by atomic mass is 10.3. The molecule has 0 atom stereocenters. The monoisotopic (exact) mass is 174 g/mol. The van der Waals surface area contributed by atoms with Crippen molar-refractivity contribution in [1.82, 2.24) is 10.2 Å². The van der Waals surface area contributed by atoms with E-state index in [1.54, 1.807) is 0 Å². The molecule has 1 N–H and O–H groups in total. The van der Waals surface area contributed by atoms with Gasteiger partial charge in [0, 0.05) is 30.6 Å². The molecule has 0 aliphatic carbocycles. The number of hydrogen-bond acceptors (Lipinski definition) is 3. The van der Waals surface area contributed by atoms with Crippen LogP contribution in [0.1, 0.15) is 6.92 Å². The number of hydrogen-bond donors (Lipinski definition) is 1. The number of rotatable bonds is 5. The molecule has 1 fully saturated rings. The third-order valence-corrected chi connectivity index (χ3v) is 3.38. The minimum atomic E-state index is 0.810. The van der Waals surface area contributed by atoms with Gasteiger partial charge in [-0.25, -0.2) is 0 Å². The highest BCUT2D eigenvalue weighted by atomic mass is 32.2. The van der Waals surface area contributed by atoms with Gasteiger partial charge in [-0.05, 0) is 13.6 Å². The standard InChI is InChI=1S/C8H18N2S/c1-3-10(2)5-4-9-8-6-11-7-8/h8-9H,3-7H2,1-2H3. The number of thioether (sulfide) groups is 1. The maximum absolute atomic E-state index is 3.52. The van der Waals surface area contributed by atoms with E-state index in [9.17, 15) is 0 Å². The van der Waals surface area contributed by atoms with Crippen LogP contribution in [0.3, 0.4) is 0 Å². The highest BCUT2D eigenvalue weighted by Crippen LogP contribution is 2.16. The fourth-order valence-corrected chi connectivity index (χ4v) is 1.68. The van der Waals surface area contributed by atoms with E-state index in [0.717, 1.165) is 19.1 Å². The average Bonchev–Trinajstić information content (AvgIpc) is 1.94. The second-order valence-corrected chi connectivity index (χ2v) is 4.16. The molecule has 0 unspecified atom stereocenters. The van der Waals surface area contributed by atoms with Crippen LogP contribution in [0.4, 0.5) is 0 Å². The first-order chi connectivity index (χ1) is 5.33. The quantitative estimate of drug-likeness (QED) is 0.658. The highest BCUT2D eigenvalue weighted by molar-refractivity contribution is 8.00. The van der Waals surface area contributed by atoms with Crippen molar-refractivity contribution in [2.24, 2.45) is 0 Å². The minimum Gasteiger partial charge on any atom is -0.311 e. The average molecular weight is 174 g/mol. The van der Waals surface area contributed by atoms with E-state index in [-0.39, 0.29) is 0 Å². The second-order valence-electron chi connectivity index (χ2n) is 3.08. The Morgan fingerprint density at radius 2 is 2.27 bits per heavy atom. The van der Waals surface area contributed by atoms with E-state index < -0.39 is 0 Å². The molecule has 1 saturated heterocycles. The van der Waals surface area contributed by atoms with Crippen molar-refractivity contribution in [3.8, 4) is 0 Å². The SMILES string of the molecule is CCN(C)CCNC1CSC1. The molecule has 0 spiro atoms. The molecule has 1 rings (SSSR count). The molecule has 0 bridgehead atoms. The van der Waals surface area contributed by atoms with Crippen LogP contribution in [-0.4, -0.2) is 49.1 Å². The fourth-order valence-electron chi connectivity index (χ4n) is 0.971. The molecule has 0 radical (unpaired) electrons. The summed E-state index contributed by atoms with van der Waals surface area (Å²) in [6.45, 7) is 5.67. The van der Waals surface area contributed by atoms with Crippen LogP contribution in [0.2, 0.25) is 0 Å². The summed E-state index contributed by atoms with van der Waals surface area (Å²) in [5, 5.41) is 3.52. The summed E-state index contributed by atoms with van der Waals surface area (Å²) < 4.78 is 0. The van der Waals surface area contributed by atoms with Crippen LogP contribution in [-0.2, 0) is 0 Å². The van der Waals surface area contributed by atoms with Crippen LogP contribution in [0, 0.1) is 0 Å². The van der Waals surface area contributed by atoms with Crippen LogP contribution in [0.15, 0.2) is 0 Å². The molecule has 0 aromatic rings. The summed E-state index contributed by atoms with van der Waals surface area (Å²) in [5.41, 5.74) is 0. The van der Waals surface area contributed by atoms with Gasteiger partial charge in [-0.1, -0.05) is 6.92 Å². The summed E-state index contributed by atoms with van der Waals surface area (Å²) in [4.78, 5) is 2.33. The summed E-state index contributed by atoms with van der Waals surface area (Å²) in [5.74, 6) is 2.63. The summed E-state index contributed by atoms with van der Waals surface area (Å²) >= 11 is 2.03. The second kappa shape index (κ2) is 5.01. The van der Waals surface area contributed by atoms with Crippen molar-refractivity contribution in [3.63, 3.8) is 0 Å². The van der Waals surface area contributed by atoms with E-state index >= 15 is 0 Å². The van der Waals surface area contributed by atoms with Crippen molar-refractivity contribution >= 4 is 11.8 Å². The van der Waals surface area contributed by atoms with E-state index in [2.05, 4.69) is 24.2 Å². The molecular weight excluding hydrogens is 156 g/mol. The topological polar surface area (TPSA) is 15.3 Å². The van der Waals surface area contributed by atoms with Gasteiger partial charge in [0.1, 0.15) is 0 Å². The Morgan fingerprint density at radius 3 is 2.73 bits per heavy atom. The molecule has 0 aromatic carbocycles. The number of nitrogens with one attached hydrogen (secondary N) is 1. The smallest absolute Gasteiger partial charge is 0.0249 e. The Labute approximate surface area is 73.7 Å². The molecule has 1 aliphatic rings. The van der Waals surface area contributed by atoms with E-state index in [1.807, 2.05) is 11.8 Å². The zero-order chi connectivity index (χ0) is 8.10. The summed E-state index contributed by atoms with van der Waals surface area (Å²) in [7, 11) is 2.16. The third-order valence-electron chi connectivity index (χ3n) is 2.10. The van der Waals surface area contributed by atoms with Gasteiger partial charge in [-0.15, -0.1) is 0 Å². The molecule has 2 nitrogen and oxygen atoms in total. The Morgan fingerprint density at radius 1 is 1.55 bits per heavy atom. The van der Waals surface area contributed by atoms with Crippen LogP contribution in [0.5, 0.6) is 0 Å². The molecule has 1 aliphatic heterocycles. The summed E-state index contributed by atoms with van der Waals surface area (Å²) in [6, 6.07) is 0.810. The lowest BCUT2D eigenvalue weighted by Crippen LogP contribution is -2.43. The van der Waals surface area contributed by atoms with Crippen molar-refractivity contribution in [1.29, 1.82) is 0 Å². The van der Waals surface area contributed by atoms with Gasteiger partial charge < -0.3 is 10.2 Å². The molecule has 66 valence electrons. The van der Waals surface area contributed by atoms with Crippen LogP contribution < -0.4 is 5.32 Å². The molecule has 3 heteroatoms. The molecule has 11 heavy (non-hydrogen) atoms. The van der Waals surface area contributed by atoms with Gasteiger partial charge in [-0.3, -0.25) is 0 Å². The molecule has 0 saturated carbocycles.